The van der Waals surface area contributed by atoms with E-state index in [9.17, 15) is 9.90 Å². The Morgan fingerprint density at radius 2 is 2.26 bits per heavy atom. The summed E-state index contributed by atoms with van der Waals surface area (Å²) in [5.74, 6) is 0.867. The fraction of sp³-hybridized carbons (Fsp3) is 0.500. The molecular formula is C14H18ClNO3. The molecule has 4 nitrogen and oxygen atoms in total. The number of alkyl halides is 1. The fourth-order valence-corrected chi connectivity index (χ4v) is 2.16. The van der Waals surface area contributed by atoms with Gasteiger partial charge in [-0.15, -0.1) is 11.6 Å². The Hall–Kier alpha value is -1.26. The lowest BCUT2D eigenvalue weighted by molar-refractivity contribution is 0.0620. The highest BCUT2D eigenvalue weighted by atomic mass is 35.5. The number of fused-ring (bicyclic) bond motifs is 1. The summed E-state index contributed by atoms with van der Waals surface area (Å²) >= 11 is 5.52. The van der Waals surface area contributed by atoms with Gasteiger partial charge in [0, 0.05) is 12.2 Å². The first-order valence-electron chi connectivity index (χ1n) is 6.25. The van der Waals surface area contributed by atoms with Crippen molar-refractivity contribution < 1.29 is 14.6 Å². The number of aliphatic hydroxyl groups is 1. The van der Waals surface area contributed by atoms with Crippen molar-refractivity contribution >= 4 is 23.1 Å². The van der Waals surface area contributed by atoms with E-state index in [2.05, 4.69) is 5.32 Å². The maximum atomic E-state index is 12.1. The predicted molar refractivity (Wildman–Crippen MR) is 75.3 cm³/mol. The van der Waals surface area contributed by atoms with Crippen LogP contribution in [0.5, 0.6) is 5.75 Å². The molecule has 1 aromatic rings. The Bertz CT molecular complexity index is 488. The summed E-state index contributed by atoms with van der Waals surface area (Å²) in [6.45, 7) is 4.15. The molecule has 0 spiro atoms. The molecule has 0 aromatic heterocycles. The van der Waals surface area contributed by atoms with Crippen LogP contribution >= 0.6 is 11.6 Å². The first kappa shape index (κ1) is 14.2. The molecule has 5 heteroatoms. The van der Waals surface area contributed by atoms with Crippen molar-refractivity contribution in [2.24, 2.45) is 0 Å². The highest BCUT2D eigenvalue weighted by Gasteiger charge is 2.32. The predicted octanol–water partition coefficient (Wildman–Crippen LogP) is 2.44. The molecule has 0 saturated carbocycles. The van der Waals surface area contributed by atoms with Crippen molar-refractivity contribution in [2.75, 3.05) is 17.7 Å². The van der Waals surface area contributed by atoms with E-state index in [1.54, 1.807) is 12.1 Å². The van der Waals surface area contributed by atoms with Crippen molar-refractivity contribution in [1.82, 2.24) is 0 Å². The monoisotopic (exact) mass is 283 g/mol. The Morgan fingerprint density at radius 3 is 2.95 bits per heavy atom. The molecule has 1 aliphatic rings. The van der Waals surface area contributed by atoms with Gasteiger partial charge >= 0.3 is 0 Å². The minimum Gasteiger partial charge on any atom is -0.487 e. The molecule has 1 aromatic carbocycles. The summed E-state index contributed by atoms with van der Waals surface area (Å²) in [5, 5.41) is 12.4. The molecule has 19 heavy (non-hydrogen) atoms. The highest BCUT2D eigenvalue weighted by Crippen LogP contribution is 2.34. The molecule has 0 aliphatic carbocycles. The molecule has 0 bridgehead atoms. The second-order valence-corrected chi connectivity index (χ2v) is 5.67. The van der Waals surface area contributed by atoms with Gasteiger partial charge in [-0.3, -0.25) is 4.79 Å². The minimum absolute atomic E-state index is 0.0767. The van der Waals surface area contributed by atoms with Crippen LogP contribution in [0.25, 0.3) is 0 Å². The first-order valence-corrected chi connectivity index (χ1v) is 6.79. The van der Waals surface area contributed by atoms with E-state index in [4.69, 9.17) is 16.3 Å². The number of benzene rings is 1. The number of Topliss-reactive ketones (excluding diaryl/α,β-unsaturated/α-hetero) is 1. The van der Waals surface area contributed by atoms with E-state index in [0.29, 0.717) is 24.3 Å². The summed E-state index contributed by atoms with van der Waals surface area (Å²) in [5.41, 5.74) is 0.915. The van der Waals surface area contributed by atoms with E-state index < -0.39 is 11.7 Å². The number of carbonyl (C=O) groups excluding carboxylic acids is 1. The van der Waals surface area contributed by atoms with Crippen LogP contribution in [0.2, 0.25) is 0 Å². The molecule has 1 heterocycles. The number of carbonyl (C=O) groups is 1. The van der Waals surface area contributed by atoms with E-state index in [1.807, 2.05) is 19.9 Å². The topological polar surface area (TPSA) is 58.6 Å². The van der Waals surface area contributed by atoms with Gasteiger partial charge in [-0.25, -0.2) is 0 Å². The lowest BCUT2D eigenvalue weighted by Crippen LogP contribution is -2.35. The number of hydrogen-bond donors (Lipinski definition) is 2. The first-order chi connectivity index (χ1) is 8.91. The van der Waals surface area contributed by atoms with Crippen molar-refractivity contribution in [3.63, 3.8) is 0 Å². The number of nitrogens with one attached hydrogen (secondary N) is 1. The molecular weight excluding hydrogens is 266 g/mol. The molecule has 0 radical (unpaired) electrons. The van der Waals surface area contributed by atoms with Gasteiger partial charge in [0.05, 0.1) is 24.0 Å². The van der Waals surface area contributed by atoms with Crippen LogP contribution in [0, 0.1) is 0 Å². The smallest absolute Gasteiger partial charge is 0.170 e. The fourth-order valence-electron chi connectivity index (χ4n) is 2.05. The molecule has 104 valence electrons. The average Bonchev–Trinajstić information content (AvgIpc) is 2.35. The van der Waals surface area contributed by atoms with Crippen LogP contribution < -0.4 is 10.1 Å². The Labute approximate surface area is 117 Å². The van der Waals surface area contributed by atoms with Gasteiger partial charge in [-0.05, 0) is 32.0 Å². The number of ether oxygens (including phenoxy) is 1. The second-order valence-electron chi connectivity index (χ2n) is 5.36. The maximum absolute atomic E-state index is 12.1. The molecule has 0 amide bonds. The van der Waals surface area contributed by atoms with E-state index in [1.165, 1.54) is 0 Å². The van der Waals surface area contributed by atoms with Gasteiger partial charge in [-0.2, -0.15) is 0 Å². The summed E-state index contributed by atoms with van der Waals surface area (Å²) in [4.78, 5) is 12.1. The number of ketones is 1. The molecule has 2 N–H and O–H groups in total. The van der Waals surface area contributed by atoms with Crippen molar-refractivity contribution in [1.29, 1.82) is 0 Å². The molecule has 1 atom stereocenters. The van der Waals surface area contributed by atoms with Crippen molar-refractivity contribution in [2.45, 2.75) is 32.0 Å². The quantitative estimate of drug-likeness (QED) is 0.834. The zero-order valence-corrected chi connectivity index (χ0v) is 11.8. The standard InChI is InChI=1S/C14H18ClNO3/c1-14(2)6-12(18)11-5-9(3-4-13(11)19-14)16-8-10(17)7-15/h3-5,10,16-17H,6-8H2,1-2H3. The van der Waals surface area contributed by atoms with Crippen LogP contribution in [0.1, 0.15) is 30.6 Å². The van der Waals surface area contributed by atoms with Gasteiger partial charge in [0.25, 0.3) is 0 Å². The zero-order valence-electron chi connectivity index (χ0n) is 11.1. The normalized spacial score (nSPS) is 18.4. The Balaban J connectivity index is 2.16. The van der Waals surface area contributed by atoms with Crippen LogP contribution in [-0.2, 0) is 0 Å². The number of halogens is 1. The van der Waals surface area contributed by atoms with Gasteiger partial charge in [0.2, 0.25) is 0 Å². The number of hydrogen-bond acceptors (Lipinski definition) is 4. The van der Waals surface area contributed by atoms with Crippen molar-refractivity contribution in [3.05, 3.63) is 23.8 Å². The van der Waals surface area contributed by atoms with Crippen LogP contribution in [0.3, 0.4) is 0 Å². The minimum atomic E-state index is -0.608. The average molecular weight is 284 g/mol. The number of anilines is 1. The number of aliphatic hydroxyl groups excluding tert-OH is 1. The van der Waals surface area contributed by atoms with E-state index in [0.717, 1.165) is 5.69 Å². The largest absolute Gasteiger partial charge is 0.487 e. The van der Waals surface area contributed by atoms with E-state index >= 15 is 0 Å². The molecule has 1 aliphatic heterocycles. The third-order valence-electron chi connectivity index (χ3n) is 2.97. The van der Waals surface area contributed by atoms with E-state index in [-0.39, 0.29) is 11.7 Å². The third kappa shape index (κ3) is 3.39. The molecule has 0 fully saturated rings. The lowest BCUT2D eigenvalue weighted by Gasteiger charge is -2.31. The van der Waals surface area contributed by atoms with Gasteiger partial charge in [-0.1, -0.05) is 0 Å². The highest BCUT2D eigenvalue weighted by molar-refractivity contribution is 6.18. The third-order valence-corrected chi connectivity index (χ3v) is 3.33. The number of rotatable bonds is 4. The van der Waals surface area contributed by atoms with Gasteiger partial charge in [0.1, 0.15) is 11.4 Å². The second kappa shape index (κ2) is 5.39. The molecule has 0 saturated heterocycles. The summed E-state index contributed by atoms with van der Waals surface area (Å²) in [6, 6.07) is 5.37. The molecule has 1 unspecified atom stereocenters. The van der Waals surface area contributed by atoms with Gasteiger partial charge < -0.3 is 15.2 Å². The lowest BCUT2D eigenvalue weighted by atomic mass is 9.93. The van der Waals surface area contributed by atoms with Crippen LogP contribution in [0.15, 0.2) is 18.2 Å². The summed E-state index contributed by atoms with van der Waals surface area (Å²) in [7, 11) is 0. The Kier molecular flexibility index (Phi) is 4.02. The van der Waals surface area contributed by atoms with Crippen molar-refractivity contribution in [3.8, 4) is 5.75 Å². The Morgan fingerprint density at radius 1 is 1.53 bits per heavy atom. The maximum Gasteiger partial charge on any atom is 0.170 e. The zero-order chi connectivity index (χ0) is 14.0. The van der Waals surface area contributed by atoms with Gasteiger partial charge in [0.15, 0.2) is 5.78 Å². The summed E-state index contributed by atoms with van der Waals surface area (Å²) < 4.78 is 5.77. The van der Waals surface area contributed by atoms with Crippen LogP contribution in [-0.4, -0.2) is 35.0 Å². The summed E-state index contributed by atoms with van der Waals surface area (Å²) in [6.07, 6.45) is -0.239. The van der Waals surface area contributed by atoms with Crippen LogP contribution in [0.4, 0.5) is 5.69 Å². The molecule has 2 rings (SSSR count). The SMILES string of the molecule is CC1(C)CC(=O)c2cc(NCC(O)CCl)ccc2O1.